The molecule has 0 aromatic heterocycles. The van der Waals surface area contributed by atoms with Crippen molar-refractivity contribution in [2.45, 2.75) is 38.7 Å². The number of hydrogen-bond acceptors (Lipinski definition) is 3. The largest absolute Gasteiger partial charge is 0.411 e. The van der Waals surface area contributed by atoms with Gasteiger partial charge >= 0.3 is 0 Å². The van der Waals surface area contributed by atoms with Crippen LogP contribution < -0.4 is 0 Å². The van der Waals surface area contributed by atoms with Crippen molar-refractivity contribution in [1.82, 2.24) is 0 Å². The molecule has 1 aliphatic heterocycles. The molecule has 1 N–H and O–H groups in total. The first-order chi connectivity index (χ1) is 5.36. The molecule has 64 valence electrons. The molecular weight excluding hydrogens is 142 g/mol. The molecule has 0 bridgehead atoms. The molecule has 1 rings (SSSR count). The van der Waals surface area contributed by atoms with Crippen molar-refractivity contribution in [3.05, 3.63) is 0 Å². The molecule has 3 heteroatoms. The number of nitrogens with zero attached hydrogens (tertiary/aromatic N) is 1. The molecule has 11 heavy (non-hydrogen) atoms. The summed E-state index contributed by atoms with van der Waals surface area (Å²) in [4.78, 5) is 0. The first-order valence-corrected chi connectivity index (χ1v) is 4.18. The fourth-order valence-corrected chi connectivity index (χ4v) is 1.37. The zero-order chi connectivity index (χ0) is 8.10. The molecule has 1 heterocycles. The topological polar surface area (TPSA) is 41.8 Å². The lowest BCUT2D eigenvalue weighted by atomic mass is 10.0. The van der Waals surface area contributed by atoms with Crippen molar-refractivity contribution in [1.29, 1.82) is 0 Å². The molecule has 1 aliphatic rings. The van der Waals surface area contributed by atoms with Gasteiger partial charge in [0, 0.05) is 12.8 Å². The summed E-state index contributed by atoms with van der Waals surface area (Å²) in [6, 6.07) is 0. The number of rotatable bonds is 2. The highest BCUT2D eigenvalue weighted by atomic mass is 16.5. The van der Waals surface area contributed by atoms with Crippen LogP contribution >= 0.6 is 0 Å². The van der Waals surface area contributed by atoms with E-state index in [2.05, 4.69) is 12.1 Å². The third-order valence-corrected chi connectivity index (χ3v) is 1.96. The molecule has 1 unspecified atom stereocenters. The van der Waals surface area contributed by atoms with Gasteiger partial charge in [0.15, 0.2) is 0 Å². The second kappa shape index (κ2) is 4.34. The van der Waals surface area contributed by atoms with E-state index in [1.165, 1.54) is 0 Å². The van der Waals surface area contributed by atoms with E-state index in [1.54, 1.807) is 0 Å². The molecule has 1 fully saturated rings. The minimum absolute atomic E-state index is 0.291. The highest BCUT2D eigenvalue weighted by molar-refractivity contribution is 5.84. The fraction of sp³-hybridized carbons (Fsp3) is 0.875. The van der Waals surface area contributed by atoms with E-state index >= 15 is 0 Å². The lowest BCUT2D eigenvalue weighted by Crippen LogP contribution is -2.25. The van der Waals surface area contributed by atoms with Crippen LogP contribution in [0, 0.1) is 0 Å². The van der Waals surface area contributed by atoms with E-state index in [1.807, 2.05) is 0 Å². The second-order valence-corrected chi connectivity index (χ2v) is 2.90. The van der Waals surface area contributed by atoms with Gasteiger partial charge in [0.05, 0.1) is 18.4 Å². The van der Waals surface area contributed by atoms with Gasteiger partial charge in [-0.25, -0.2) is 0 Å². The van der Waals surface area contributed by atoms with Crippen LogP contribution in [-0.4, -0.2) is 23.6 Å². The van der Waals surface area contributed by atoms with Crippen molar-refractivity contribution in [3.8, 4) is 0 Å². The molecule has 0 aromatic rings. The van der Waals surface area contributed by atoms with Crippen LogP contribution in [0.3, 0.4) is 0 Å². The Morgan fingerprint density at radius 1 is 1.73 bits per heavy atom. The second-order valence-electron chi connectivity index (χ2n) is 2.90. The normalized spacial score (nSPS) is 29.2. The zero-order valence-corrected chi connectivity index (χ0v) is 6.92. The fourth-order valence-electron chi connectivity index (χ4n) is 1.37. The van der Waals surface area contributed by atoms with Crippen LogP contribution in [0.2, 0.25) is 0 Å². The minimum atomic E-state index is 0.291. The summed E-state index contributed by atoms with van der Waals surface area (Å²) in [5.41, 5.74) is 0.884. The summed E-state index contributed by atoms with van der Waals surface area (Å²) in [5.74, 6) is 0. The molecule has 0 radical (unpaired) electrons. The van der Waals surface area contributed by atoms with Crippen molar-refractivity contribution in [2.75, 3.05) is 6.61 Å². The Balaban J connectivity index is 2.33. The van der Waals surface area contributed by atoms with E-state index in [9.17, 15) is 0 Å². The summed E-state index contributed by atoms with van der Waals surface area (Å²) in [5, 5.41) is 11.7. The predicted octanol–water partition coefficient (Wildman–Crippen LogP) is 1.80. The number of oxime groups is 1. The summed E-state index contributed by atoms with van der Waals surface area (Å²) < 4.78 is 5.46. The Hall–Kier alpha value is -0.570. The Kier molecular flexibility index (Phi) is 3.36. The first kappa shape index (κ1) is 8.53. The Labute approximate surface area is 67.0 Å². The van der Waals surface area contributed by atoms with Crippen LogP contribution in [0.5, 0.6) is 0 Å². The van der Waals surface area contributed by atoms with E-state index in [-0.39, 0.29) is 0 Å². The molecule has 1 saturated heterocycles. The minimum Gasteiger partial charge on any atom is -0.411 e. The highest BCUT2D eigenvalue weighted by Crippen LogP contribution is 2.14. The number of ether oxygens (including phenoxy) is 1. The summed E-state index contributed by atoms with van der Waals surface area (Å²) in [7, 11) is 0. The van der Waals surface area contributed by atoms with Crippen molar-refractivity contribution >= 4 is 5.71 Å². The van der Waals surface area contributed by atoms with Gasteiger partial charge in [0.2, 0.25) is 0 Å². The monoisotopic (exact) mass is 157 g/mol. The molecule has 0 saturated carbocycles. The SMILES string of the molecule is CCCC1CC(=NO)CCO1. The summed E-state index contributed by atoms with van der Waals surface area (Å²) in [6.45, 7) is 2.85. The molecule has 0 aromatic carbocycles. The van der Waals surface area contributed by atoms with Gasteiger partial charge in [-0.2, -0.15) is 0 Å². The van der Waals surface area contributed by atoms with E-state index in [0.29, 0.717) is 12.7 Å². The maximum absolute atomic E-state index is 8.51. The first-order valence-electron chi connectivity index (χ1n) is 4.18. The Morgan fingerprint density at radius 2 is 2.55 bits per heavy atom. The Morgan fingerprint density at radius 3 is 3.18 bits per heavy atom. The van der Waals surface area contributed by atoms with Crippen LogP contribution in [-0.2, 0) is 4.74 Å². The van der Waals surface area contributed by atoms with Crippen molar-refractivity contribution in [3.63, 3.8) is 0 Å². The van der Waals surface area contributed by atoms with Gasteiger partial charge in [-0.3, -0.25) is 0 Å². The van der Waals surface area contributed by atoms with Gasteiger partial charge in [-0.1, -0.05) is 18.5 Å². The van der Waals surface area contributed by atoms with Crippen LogP contribution in [0.25, 0.3) is 0 Å². The standard InChI is InChI=1S/C8H15NO2/c1-2-3-8-6-7(9-10)4-5-11-8/h8,10H,2-6H2,1H3. The Bertz CT molecular complexity index is 143. The van der Waals surface area contributed by atoms with Gasteiger partial charge < -0.3 is 9.94 Å². The van der Waals surface area contributed by atoms with Crippen molar-refractivity contribution < 1.29 is 9.94 Å². The third kappa shape index (κ3) is 2.50. The van der Waals surface area contributed by atoms with Crippen LogP contribution in [0.1, 0.15) is 32.6 Å². The summed E-state index contributed by atoms with van der Waals surface area (Å²) in [6.07, 6.45) is 4.09. The quantitative estimate of drug-likeness (QED) is 0.490. The van der Waals surface area contributed by atoms with Gasteiger partial charge in [0.25, 0.3) is 0 Å². The average molecular weight is 157 g/mol. The lowest BCUT2D eigenvalue weighted by Gasteiger charge is -2.22. The molecule has 0 aliphatic carbocycles. The van der Waals surface area contributed by atoms with Crippen LogP contribution in [0.4, 0.5) is 0 Å². The van der Waals surface area contributed by atoms with E-state index < -0.39 is 0 Å². The smallest absolute Gasteiger partial charge is 0.0628 e. The van der Waals surface area contributed by atoms with Gasteiger partial charge in [-0.05, 0) is 6.42 Å². The van der Waals surface area contributed by atoms with E-state index in [0.717, 1.165) is 31.4 Å². The zero-order valence-electron chi connectivity index (χ0n) is 6.92. The summed E-state index contributed by atoms with van der Waals surface area (Å²) >= 11 is 0. The van der Waals surface area contributed by atoms with Gasteiger partial charge in [-0.15, -0.1) is 0 Å². The van der Waals surface area contributed by atoms with Gasteiger partial charge in [0.1, 0.15) is 0 Å². The van der Waals surface area contributed by atoms with E-state index in [4.69, 9.17) is 9.94 Å². The third-order valence-electron chi connectivity index (χ3n) is 1.96. The number of hydrogen-bond donors (Lipinski definition) is 1. The highest BCUT2D eigenvalue weighted by Gasteiger charge is 2.17. The predicted molar refractivity (Wildman–Crippen MR) is 43.1 cm³/mol. The average Bonchev–Trinajstić information content (AvgIpc) is 2.06. The maximum atomic E-state index is 8.51. The molecule has 1 atom stereocenters. The molecule has 3 nitrogen and oxygen atoms in total. The lowest BCUT2D eigenvalue weighted by molar-refractivity contribution is 0.0428. The molecule has 0 amide bonds. The van der Waals surface area contributed by atoms with Crippen LogP contribution in [0.15, 0.2) is 5.16 Å². The maximum Gasteiger partial charge on any atom is 0.0628 e. The molecule has 0 spiro atoms. The molecular formula is C8H15NO2. The van der Waals surface area contributed by atoms with Crippen molar-refractivity contribution in [2.24, 2.45) is 5.16 Å².